The van der Waals surface area contributed by atoms with E-state index in [0.717, 1.165) is 0 Å². The van der Waals surface area contributed by atoms with Gasteiger partial charge in [0, 0.05) is 6.20 Å². The van der Waals surface area contributed by atoms with Gasteiger partial charge in [0.2, 0.25) is 0 Å². The lowest BCUT2D eigenvalue weighted by molar-refractivity contribution is 1.29. The predicted octanol–water partition coefficient (Wildman–Crippen LogP) is 3.22. The van der Waals surface area contributed by atoms with E-state index < -0.39 is 0 Å². The van der Waals surface area contributed by atoms with Crippen LogP contribution in [0.1, 0.15) is 11.1 Å². The van der Waals surface area contributed by atoms with Crippen LogP contribution in [0.25, 0.3) is 0 Å². The molecule has 0 aliphatic heterocycles. The molecule has 0 saturated carbocycles. The predicted molar refractivity (Wildman–Crippen MR) is 68.4 cm³/mol. The topological polar surface area (TPSA) is 72.5 Å². The highest BCUT2D eigenvalue weighted by atomic mass is 35.5. The number of hydrogen-bond acceptors (Lipinski definition) is 4. The van der Waals surface area contributed by atoms with Crippen LogP contribution >= 0.6 is 11.6 Å². The molecular weight excluding hydrogens is 248 g/mol. The average molecular weight is 255 g/mol. The number of hydrogen-bond donors (Lipinski definition) is 1. The van der Waals surface area contributed by atoms with E-state index >= 15 is 0 Å². The Labute approximate surface area is 109 Å². The highest BCUT2D eigenvalue weighted by Gasteiger charge is 2.03. The number of aromatic nitrogens is 1. The molecule has 1 aromatic carbocycles. The van der Waals surface area contributed by atoms with E-state index in [-0.39, 0.29) is 0 Å². The van der Waals surface area contributed by atoms with E-state index in [1.165, 1.54) is 6.20 Å². The molecule has 2 rings (SSSR count). The number of anilines is 2. The standard InChI is InChI=1S/C13H7ClN4/c14-11-3-1-9(6-15)5-12(11)18-13-4-2-10(7-16)8-17-13/h1-5,8H,(H,17,18). The van der Waals surface area contributed by atoms with E-state index in [1.54, 1.807) is 30.3 Å². The fourth-order valence-corrected chi connectivity index (χ4v) is 1.53. The molecule has 0 atom stereocenters. The highest BCUT2D eigenvalue weighted by Crippen LogP contribution is 2.25. The van der Waals surface area contributed by atoms with Crippen molar-refractivity contribution in [3.05, 3.63) is 52.7 Å². The molecule has 0 aliphatic carbocycles. The zero-order valence-electron chi connectivity index (χ0n) is 9.18. The molecule has 18 heavy (non-hydrogen) atoms. The van der Waals surface area contributed by atoms with Crippen LogP contribution in [0, 0.1) is 22.7 Å². The molecule has 0 radical (unpaired) electrons. The summed E-state index contributed by atoms with van der Waals surface area (Å²) in [5.41, 5.74) is 1.60. The molecule has 86 valence electrons. The van der Waals surface area contributed by atoms with Crippen LogP contribution in [-0.2, 0) is 0 Å². The Hall–Kier alpha value is -2.56. The molecule has 4 nitrogen and oxygen atoms in total. The summed E-state index contributed by atoms with van der Waals surface area (Å²) in [6.45, 7) is 0. The van der Waals surface area contributed by atoms with Gasteiger partial charge in [-0.05, 0) is 30.3 Å². The molecule has 0 amide bonds. The van der Waals surface area contributed by atoms with Crippen molar-refractivity contribution in [2.45, 2.75) is 0 Å². The summed E-state index contributed by atoms with van der Waals surface area (Å²) >= 11 is 6.01. The zero-order chi connectivity index (χ0) is 13.0. The highest BCUT2D eigenvalue weighted by molar-refractivity contribution is 6.33. The van der Waals surface area contributed by atoms with Crippen LogP contribution in [-0.4, -0.2) is 4.98 Å². The van der Waals surface area contributed by atoms with E-state index in [1.807, 2.05) is 12.1 Å². The largest absolute Gasteiger partial charge is 0.339 e. The zero-order valence-corrected chi connectivity index (χ0v) is 9.94. The Bertz CT molecular complexity index is 650. The van der Waals surface area contributed by atoms with E-state index in [0.29, 0.717) is 27.7 Å². The van der Waals surface area contributed by atoms with Gasteiger partial charge < -0.3 is 5.32 Å². The second-order valence-corrected chi connectivity index (χ2v) is 3.88. The summed E-state index contributed by atoms with van der Waals surface area (Å²) in [5, 5.41) is 21.0. The van der Waals surface area contributed by atoms with Gasteiger partial charge in [0.05, 0.1) is 27.9 Å². The number of rotatable bonds is 2. The van der Waals surface area contributed by atoms with Gasteiger partial charge in [-0.1, -0.05) is 11.6 Å². The van der Waals surface area contributed by atoms with Gasteiger partial charge >= 0.3 is 0 Å². The molecule has 2 aromatic rings. The van der Waals surface area contributed by atoms with Gasteiger partial charge in [-0.25, -0.2) is 4.98 Å². The minimum Gasteiger partial charge on any atom is -0.339 e. The van der Waals surface area contributed by atoms with Crippen LogP contribution in [0.5, 0.6) is 0 Å². The van der Waals surface area contributed by atoms with E-state index in [2.05, 4.69) is 10.3 Å². The third-order valence-electron chi connectivity index (χ3n) is 2.25. The molecule has 0 unspecified atom stereocenters. The molecule has 1 N–H and O–H groups in total. The number of halogens is 1. The van der Waals surface area contributed by atoms with Gasteiger partial charge in [-0.15, -0.1) is 0 Å². The fraction of sp³-hybridized carbons (Fsp3) is 0. The Morgan fingerprint density at radius 3 is 2.39 bits per heavy atom. The molecule has 0 bridgehead atoms. The monoisotopic (exact) mass is 254 g/mol. The van der Waals surface area contributed by atoms with Gasteiger partial charge in [0.1, 0.15) is 11.9 Å². The van der Waals surface area contributed by atoms with Gasteiger partial charge in [-0.2, -0.15) is 10.5 Å². The second-order valence-electron chi connectivity index (χ2n) is 3.48. The Morgan fingerprint density at radius 2 is 1.78 bits per heavy atom. The van der Waals surface area contributed by atoms with Crippen molar-refractivity contribution in [2.75, 3.05) is 5.32 Å². The van der Waals surface area contributed by atoms with Crippen molar-refractivity contribution >= 4 is 23.1 Å². The number of nitrogens with one attached hydrogen (secondary N) is 1. The summed E-state index contributed by atoms with van der Waals surface area (Å²) in [4.78, 5) is 4.07. The third kappa shape index (κ3) is 2.57. The summed E-state index contributed by atoms with van der Waals surface area (Å²) in [5.74, 6) is 0.561. The smallest absolute Gasteiger partial charge is 0.130 e. The maximum Gasteiger partial charge on any atom is 0.130 e. The molecule has 0 fully saturated rings. The van der Waals surface area contributed by atoms with Crippen molar-refractivity contribution < 1.29 is 0 Å². The fourth-order valence-electron chi connectivity index (χ4n) is 1.36. The lowest BCUT2D eigenvalue weighted by Gasteiger charge is -2.07. The minimum atomic E-state index is 0.484. The summed E-state index contributed by atoms with van der Waals surface area (Å²) < 4.78 is 0. The van der Waals surface area contributed by atoms with Gasteiger partial charge in [0.15, 0.2) is 0 Å². The van der Waals surface area contributed by atoms with Crippen molar-refractivity contribution in [3.8, 4) is 12.1 Å². The first-order chi connectivity index (χ1) is 8.72. The molecule has 5 heteroatoms. The summed E-state index contributed by atoms with van der Waals surface area (Å²) in [7, 11) is 0. The van der Waals surface area contributed by atoms with Crippen LogP contribution in [0.15, 0.2) is 36.5 Å². The van der Waals surface area contributed by atoms with E-state index in [9.17, 15) is 0 Å². The molecule has 0 saturated heterocycles. The van der Waals surface area contributed by atoms with Crippen LogP contribution in [0.2, 0.25) is 5.02 Å². The lowest BCUT2D eigenvalue weighted by atomic mass is 10.2. The van der Waals surface area contributed by atoms with Crippen molar-refractivity contribution in [2.24, 2.45) is 0 Å². The first kappa shape index (κ1) is 11.9. The Kier molecular flexibility index (Phi) is 3.43. The average Bonchev–Trinajstić information content (AvgIpc) is 2.42. The van der Waals surface area contributed by atoms with Crippen LogP contribution in [0.3, 0.4) is 0 Å². The first-order valence-electron chi connectivity index (χ1n) is 5.06. The first-order valence-corrected chi connectivity index (χ1v) is 5.43. The van der Waals surface area contributed by atoms with Crippen LogP contribution < -0.4 is 5.32 Å². The maximum atomic E-state index is 8.81. The van der Waals surface area contributed by atoms with Crippen molar-refractivity contribution in [3.63, 3.8) is 0 Å². The van der Waals surface area contributed by atoms with Crippen LogP contribution in [0.4, 0.5) is 11.5 Å². The van der Waals surface area contributed by atoms with Gasteiger partial charge in [-0.3, -0.25) is 0 Å². The maximum absolute atomic E-state index is 8.81. The molecule has 1 aromatic heterocycles. The molecule has 0 aliphatic rings. The number of nitriles is 2. The van der Waals surface area contributed by atoms with Gasteiger partial charge in [0.25, 0.3) is 0 Å². The Balaban J connectivity index is 2.28. The normalized spacial score (nSPS) is 9.28. The quantitative estimate of drug-likeness (QED) is 0.893. The van der Waals surface area contributed by atoms with Crippen molar-refractivity contribution in [1.29, 1.82) is 10.5 Å². The minimum absolute atomic E-state index is 0.484. The van der Waals surface area contributed by atoms with E-state index in [4.69, 9.17) is 22.1 Å². The number of benzene rings is 1. The number of pyridine rings is 1. The lowest BCUT2D eigenvalue weighted by Crippen LogP contribution is -1.95. The van der Waals surface area contributed by atoms with Crippen molar-refractivity contribution in [1.82, 2.24) is 4.98 Å². The summed E-state index contributed by atoms with van der Waals surface area (Å²) in [6, 6.07) is 12.3. The Morgan fingerprint density at radius 1 is 1.06 bits per heavy atom. The second kappa shape index (κ2) is 5.18. The SMILES string of the molecule is N#Cc1ccc(Nc2cc(C#N)ccc2Cl)nc1. The molecular formula is C13H7ClN4. The summed E-state index contributed by atoms with van der Waals surface area (Å²) in [6.07, 6.45) is 1.46. The number of nitrogens with zero attached hydrogens (tertiary/aromatic N) is 3. The molecule has 0 spiro atoms. The third-order valence-corrected chi connectivity index (χ3v) is 2.58. The molecule has 1 heterocycles.